The van der Waals surface area contributed by atoms with E-state index in [4.69, 9.17) is 11.6 Å². The zero-order valence-corrected chi connectivity index (χ0v) is 11.2. The van der Waals surface area contributed by atoms with Crippen molar-refractivity contribution in [2.24, 2.45) is 5.92 Å². The Balaban J connectivity index is 2.33. The van der Waals surface area contributed by atoms with E-state index in [0.29, 0.717) is 6.04 Å². The second-order valence-corrected chi connectivity index (χ2v) is 5.09. The molecule has 0 radical (unpaired) electrons. The predicted octanol–water partition coefficient (Wildman–Crippen LogP) is 3.91. The smallest absolute Gasteiger partial charge is 0.0406 e. The molecule has 0 saturated heterocycles. The molecule has 0 heterocycles. The maximum atomic E-state index is 5.85. The molecule has 0 aromatic heterocycles. The summed E-state index contributed by atoms with van der Waals surface area (Å²) in [6.45, 7) is 7.85. The van der Waals surface area contributed by atoms with Crippen molar-refractivity contribution in [3.05, 3.63) is 34.9 Å². The van der Waals surface area contributed by atoms with Crippen LogP contribution in [0.25, 0.3) is 0 Å². The van der Waals surface area contributed by atoms with Gasteiger partial charge in [-0.05, 0) is 43.5 Å². The zero-order valence-electron chi connectivity index (χ0n) is 10.5. The molecule has 1 aromatic carbocycles. The van der Waals surface area contributed by atoms with Crippen LogP contribution < -0.4 is 5.32 Å². The highest BCUT2D eigenvalue weighted by Crippen LogP contribution is 2.11. The number of nitrogens with one attached hydrogen (secondary N) is 1. The lowest BCUT2D eigenvalue weighted by Crippen LogP contribution is -2.31. The summed E-state index contributed by atoms with van der Waals surface area (Å²) in [5.41, 5.74) is 1.34. The maximum absolute atomic E-state index is 5.85. The van der Waals surface area contributed by atoms with Crippen LogP contribution in [0.15, 0.2) is 24.3 Å². The van der Waals surface area contributed by atoms with Crippen LogP contribution >= 0.6 is 11.6 Å². The highest BCUT2D eigenvalue weighted by Gasteiger charge is 2.05. The van der Waals surface area contributed by atoms with Gasteiger partial charge in [-0.1, -0.05) is 44.0 Å². The van der Waals surface area contributed by atoms with Crippen LogP contribution in [0.1, 0.15) is 32.8 Å². The first-order chi connectivity index (χ1) is 7.61. The van der Waals surface area contributed by atoms with E-state index in [0.717, 1.165) is 23.9 Å². The van der Waals surface area contributed by atoms with Gasteiger partial charge >= 0.3 is 0 Å². The summed E-state index contributed by atoms with van der Waals surface area (Å²) in [6.07, 6.45) is 2.30. The number of benzene rings is 1. The molecule has 0 saturated carbocycles. The molecule has 0 aliphatic carbocycles. The van der Waals surface area contributed by atoms with Crippen LogP contribution in [0.4, 0.5) is 0 Å². The van der Waals surface area contributed by atoms with E-state index in [2.05, 4.69) is 38.2 Å². The lowest BCUT2D eigenvalue weighted by Gasteiger charge is -2.16. The summed E-state index contributed by atoms with van der Waals surface area (Å²) >= 11 is 5.85. The molecule has 0 spiro atoms. The van der Waals surface area contributed by atoms with Gasteiger partial charge in [-0.2, -0.15) is 0 Å². The van der Waals surface area contributed by atoms with Gasteiger partial charge in [-0.3, -0.25) is 0 Å². The summed E-state index contributed by atoms with van der Waals surface area (Å²) in [5.74, 6) is 0.757. The highest BCUT2D eigenvalue weighted by atomic mass is 35.5. The molecule has 2 atom stereocenters. The van der Waals surface area contributed by atoms with Crippen molar-refractivity contribution in [3.8, 4) is 0 Å². The van der Waals surface area contributed by atoms with E-state index >= 15 is 0 Å². The van der Waals surface area contributed by atoms with Crippen molar-refractivity contribution in [1.82, 2.24) is 5.32 Å². The summed E-state index contributed by atoms with van der Waals surface area (Å²) < 4.78 is 0. The van der Waals surface area contributed by atoms with Gasteiger partial charge in [0, 0.05) is 11.1 Å². The monoisotopic (exact) mass is 239 g/mol. The standard InChI is InChI=1S/C14H22ClN/c1-4-11(2)10-16-12(3)9-13-5-7-14(15)8-6-13/h5-8,11-12,16H,4,9-10H2,1-3H3. The summed E-state index contributed by atoms with van der Waals surface area (Å²) in [4.78, 5) is 0. The molecular formula is C14H22ClN. The van der Waals surface area contributed by atoms with E-state index in [9.17, 15) is 0 Å². The van der Waals surface area contributed by atoms with Gasteiger partial charge in [-0.25, -0.2) is 0 Å². The average molecular weight is 240 g/mol. The Bertz CT molecular complexity index is 294. The molecular weight excluding hydrogens is 218 g/mol. The molecule has 1 aromatic rings. The van der Waals surface area contributed by atoms with Gasteiger partial charge in [0.2, 0.25) is 0 Å². The maximum Gasteiger partial charge on any atom is 0.0406 e. The van der Waals surface area contributed by atoms with E-state index in [1.54, 1.807) is 0 Å². The fourth-order valence-electron chi connectivity index (χ4n) is 1.59. The lowest BCUT2D eigenvalue weighted by molar-refractivity contribution is 0.451. The summed E-state index contributed by atoms with van der Waals surface area (Å²) in [7, 11) is 0. The van der Waals surface area contributed by atoms with Crippen molar-refractivity contribution < 1.29 is 0 Å². The van der Waals surface area contributed by atoms with Crippen LogP contribution in [0.2, 0.25) is 5.02 Å². The molecule has 0 amide bonds. The summed E-state index contributed by atoms with van der Waals surface area (Å²) in [5, 5.41) is 4.37. The molecule has 0 bridgehead atoms. The summed E-state index contributed by atoms with van der Waals surface area (Å²) in [6, 6.07) is 8.64. The molecule has 1 N–H and O–H groups in total. The minimum atomic E-state index is 0.523. The Morgan fingerprint density at radius 2 is 1.81 bits per heavy atom. The van der Waals surface area contributed by atoms with E-state index in [1.165, 1.54) is 12.0 Å². The molecule has 16 heavy (non-hydrogen) atoms. The van der Waals surface area contributed by atoms with E-state index in [1.807, 2.05) is 12.1 Å². The Morgan fingerprint density at radius 1 is 1.19 bits per heavy atom. The minimum absolute atomic E-state index is 0.523. The van der Waals surface area contributed by atoms with Gasteiger partial charge in [0.1, 0.15) is 0 Å². The number of rotatable bonds is 6. The molecule has 0 fully saturated rings. The highest BCUT2D eigenvalue weighted by molar-refractivity contribution is 6.30. The van der Waals surface area contributed by atoms with Crippen molar-refractivity contribution >= 4 is 11.6 Å². The Kier molecular flexibility index (Phi) is 5.86. The Morgan fingerprint density at radius 3 is 2.38 bits per heavy atom. The van der Waals surface area contributed by atoms with Crippen molar-refractivity contribution in [3.63, 3.8) is 0 Å². The SMILES string of the molecule is CCC(C)CNC(C)Cc1ccc(Cl)cc1. The quantitative estimate of drug-likeness (QED) is 0.794. The third-order valence-electron chi connectivity index (χ3n) is 2.97. The second-order valence-electron chi connectivity index (χ2n) is 4.65. The fourth-order valence-corrected chi connectivity index (χ4v) is 1.72. The Hall–Kier alpha value is -0.530. The largest absolute Gasteiger partial charge is 0.314 e. The molecule has 0 aliphatic rings. The third kappa shape index (κ3) is 5.00. The lowest BCUT2D eigenvalue weighted by atomic mass is 10.1. The predicted molar refractivity (Wildman–Crippen MR) is 72.1 cm³/mol. The van der Waals surface area contributed by atoms with Gasteiger partial charge in [-0.15, -0.1) is 0 Å². The van der Waals surface area contributed by atoms with E-state index < -0.39 is 0 Å². The van der Waals surface area contributed by atoms with Crippen LogP contribution in [0.3, 0.4) is 0 Å². The molecule has 2 unspecified atom stereocenters. The first kappa shape index (κ1) is 13.5. The van der Waals surface area contributed by atoms with Crippen LogP contribution in [0, 0.1) is 5.92 Å². The Labute approximate surface area is 104 Å². The van der Waals surface area contributed by atoms with Crippen molar-refractivity contribution in [2.75, 3.05) is 6.54 Å². The first-order valence-corrected chi connectivity index (χ1v) is 6.47. The topological polar surface area (TPSA) is 12.0 Å². The normalized spacial score (nSPS) is 14.8. The van der Waals surface area contributed by atoms with Gasteiger partial charge in [0.25, 0.3) is 0 Å². The van der Waals surface area contributed by atoms with Gasteiger partial charge < -0.3 is 5.32 Å². The van der Waals surface area contributed by atoms with Crippen molar-refractivity contribution in [1.29, 1.82) is 0 Å². The average Bonchev–Trinajstić information content (AvgIpc) is 2.29. The molecule has 1 rings (SSSR count). The number of hydrogen-bond donors (Lipinski definition) is 1. The molecule has 2 heteroatoms. The van der Waals surface area contributed by atoms with Crippen molar-refractivity contribution in [2.45, 2.75) is 39.7 Å². The number of hydrogen-bond acceptors (Lipinski definition) is 1. The van der Waals surface area contributed by atoms with Crippen LogP contribution in [-0.2, 0) is 6.42 Å². The second kappa shape index (κ2) is 6.93. The van der Waals surface area contributed by atoms with E-state index in [-0.39, 0.29) is 0 Å². The zero-order chi connectivity index (χ0) is 12.0. The first-order valence-electron chi connectivity index (χ1n) is 6.09. The van der Waals surface area contributed by atoms with Gasteiger partial charge in [0.05, 0.1) is 0 Å². The third-order valence-corrected chi connectivity index (χ3v) is 3.22. The van der Waals surface area contributed by atoms with Gasteiger partial charge in [0.15, 0.2) is 0 Å². The fraction of sp³-hybridized carbons (Fsp3) is 0.571. The molecule has 1 nitrogen and oxygen atoms in total. The molecule has 0 aliphatic heterocycles. The number of halogens is 1. The minimum Gasteiger partial charge on any atom is -0.314 e. The van der Waals surface area contributed by atoms with Crippen LogP contribution in [-0.4, -0.2) is 12.6 Å². The van der Waals surface area contributed by atoms with Crippen LogP contribution in [0.5, 0.6) is 0 Å². The molecule has 90 valence electrons.